The molecule has 0 saturated heterocycles. The van der Waals surface area contributed by atoms with Crippen LogP contribution in [0.2, 0.25) is 0 Å². The van der Waals surface area contributed by atoms with E-state index in [1.54, 1.807) is 6.20 Å². The number of hydrogen-bond acceptors (Lipinski definition) is 3. The molecule has 1 atom stereocenters. The fraction of sp³-hybridized carbons (Fsp3) is 0.286. The quantitative estimate of drug-likeness (QED) is 0.870. The minimum Gasteiger partial charge on any atom is -0.313 e. The lowest BCUT2D eigenvalue weighted by Crippen LogP contribution is -2.19. The number of aromatic nitrogens is 2. The first kappa shape index (κ1) is 11.7. The predicted octanol–water partition coefficient (Wildman–Crippen LogP) is 2.29. The van der Waals surface area contributed by atoms with Gasteiger partial charge in [0.15, 0.2) is 0 Å². The topological polar surface area (TPSA) is 37.8 Å². The molecule has 0 saturated carbocycles. The zero-order chi connectivity index (χ0) is 12.1. The summed E-state index contributed by atoms with van der Waals surface area (Å²) in [5.74, 6) is 0. The maximum Gasteiger partial charge on any atom is 0.0375 e. The van der Waals surface area contributed by atoms with E-state index >= 15 is 0 Å². The minimum absolute atomic E-state index is 0.306. The van der Waals surface area contributed by atoms with Crippen LogP contribution in [0.4, 0.5) is 0 Å². The number of nitrogens with one attached hydrogen (secondary N) is 1. The van der Waals surface area contributed by atoms with Crippen LogP contribution >= 0.6 is 0 Å². The van der Waals surface area contributed by atoms with Gasteiger partial charge in [0, 0.05) is 30.3 Å². The molecule has 0 radical (unpaired) electrons. The van der Waals surface area contributed by atoms with Gasteiger partial charge in [-0.1, -0.05) is 6.07 Å². The summed E-state index contributed by atoms with van der Waals surface area (Å²) < 4.78 is 0. The van der Waals surface area contributed by atoms with Crippen LogP contribution in [0.1, 0.15) is 22.9 Å². The lowest BCUT2D eigenvalue weighted by atomic mass is 10.0. The number of hydrogen-bond donors (Lipinski definition) is 1. The first-order chi connectivity index (χ1) is 8.29. The van der Waals surface area contributed by atoms with Crippen molar-refractivity contribution in [3.8, 4) is 0 Å². The molecule has 2 aromatic rings. The molecular weight excluding hydrogens is 210 g/mol. The van der Waals surface area contributed by atoms with Crippen LogP contribution in [0.3, 0.4) is 0 Å². The van der Waals surface area contributed by atoms with Gasteiger partial charge in [-0.05, 0) is 49.7 Å². The highest BCUT2D eigenvalue weighted by Gasteiger charge is 2.10. The van der Waals surface area contributed by atoms with Gasteiger partial charge in [-0.3, -0.25) is 9.97 Å². The molecule has 0 aliphatic rings. The molecule has 2 aromatic heterocycles. The van der Waals surface area contributed by atoms with Crippen molar-refractivity contribution in [2.24, 2.45) is 0 Å². The molecule has 0 fully saturated rings. The summed E-state index contributed by atoms with van der Waals surface area (Å²) in [7, 11) is 1.98. The molecule has 3 heteroatoms. The van der Waals surface area contributed by atoms with Crippen LogP contribution in [0.15, 0.2) is 42.9 Å². The van der Waals surface area contributed by atoms with E-state index in [4.69, 9.17) is 0 Å². The molecular formula is C14H17N3. The van der Waals surface area contributed by atoms with Gasteiger partial charge < -0.3 is 5.32 Å². The number of pyridine rings is 2. The number of aryl methyl sites for hydroxylation is 1. The highest BCUT2D eigenvalue weighted by atomic mass is 14.9. The molecule has 1 unspecified atom stereocenters. The Hall–Kier alpha value is -1.74. The average Bonchev–Trinajstić information content (AvgIpc) is 2.37. The molecule has 0 aromatic carbocycles. The van der Waals surface area contributed by atoms with Crippen molar-refractivity contribution >= 4 is 0 Å². The van der Waals surface area contributed by atoms with Crippen molar-refractivity contribution in [1.82, 2.24) is 15.3 Å². The van der Waals surface area contributed by atoms with E-state index in [1.165, 1.54) is 11.1 Å². The van der Waals surface area contributed by atoms with Crippen LogP contribution in [-0.4, -0.2) is 17.0 Å². The van der Waals surface area contributed by atoms with Gasteiger partial charge in [0.05, 0.1) is 0 Å². The molecule has 2 heterocycles. The Balaban J connectivity index is 2.17. The highest BCUT2D eigenvalue weighted by Crippen LogP contribution is 2.17. The Morgan fingerprint density at radius 3 is 2.82 bits per heavy atom. The van der Waals surface area contributed by atoms with E-state index in [2.05, 4.69) is 33.5 Å². The molecule has 1 N–H and O–H groups in total. The zero-order valence-corrected chi connectivity index (χ0v) is 10.2. The van der Waals surface area contributed by atoms with Gasteiger partial charge in [0.25, 0.3) is 0 Å². The van der Waals surface area contributed by atoms with Gasteiger partial charge in [-0.2, -0.15) is 0 Å². The largest absolute Gasteiger partial charge is 0.313 e. The third kappa shape index (κ3) is 3.11. The third-order valence-electron chi connectivity index (χ3n) is 2.83. The van der Waals surface area contributed by atoms with E-state index in [0.29, 0.717) is 6.04 Å². The van der Waals surface area contributed by atoms with E-state index in [0.717, 1.165) is 12.1 Å². The van der Waals surface area contributed by atoms with Crippen LogP contribution in [-0.2, 0) is 6.42 Å². The molecule has 0 spiro atoms. The van der Waals surface area contributed by atoms with Crippen LogP contribution < -0.4 is 5.32 Å². The molecule has 0 aliphatic carbocycles. The van der Waals surface area contributed by atoms with E-state index in [1.807, 2.05) is 32.4 Å². The predicted molar refractivity (Wildman–Crippen MR) is 68.7 cm³/mol. The monoisotopic (exact) mass is 227 g/mol. The van der Waals surface area contributed by atoms with Gasteiger partial charge in [-0.25, -0.2) is 0 Å². The van der Waals surface area contributed by atoms with Crippen LogP contribution in [0, 0.1) is 6.92 Å². The molecule has 17 heavy (non-hydrogen) atoms. The zero-order valence-electron chi connectivity index (χ0n) is 10.2. The normalized spacial score (nSPS) is 12.4. The SMILES string of the molecule is CNC(Cc1cccnc1)c1ccnc(C)c1. The second-order valence-corrected chi connectivity index (χ2v) is 4.14. The van der Waals surface area contributed by atoms with Crippen molar-refractivity contribution in [3.63, 3.8) is 0 Å². The number of rotatable bonds is 4. The smallest absolute Gasteiger partial charge is 0.0375 e. The summed E-state index contributed by atoms with van der Waals surface area (Å²) in [5, 5.41) is 3.34. The second-order valence-electron chi connectivity index (χ2n) is 4.14. The first-order valence-corrected chi connectivity index (χ1v) is 5.78. The highest BCUT2D eigenvalue weighted by molar-refractivity contribution is 5.22. The summed E-state index contributed by atoms with van der Waals surface area (Å²) in [5.41, 5.74) is 3.55. The summed E-state index contributed by atoms with van der Waals surface area (Å²) in [4.78, 5) is 8.37. The van der Waals surface area contributed by atoms with E-state index in [9.17, 15) is 0 Å². The van der Waals surface area contributed by atoms with E-state index in [-0.39, 0.29) is 0 Å². The fourth-order valence-corrected chi connectivity index (χ4v) is 1.93. The summed E-state index contributed by atoms with van der Waals surface area (Å²) in [6.07, 6.45) is 6.51. The lowest BCUT2D eigenvalue weighted by Gasteiger charge is -2.16. The Morgan fingerprint density at radius 2 is 2.18 bits per heavy atom. The van der Waals surface area contributed by atoms with Gasteiger partial charge in [0.2, 0.25) is 0 Å². The first-order valence-electron chi connectivity index (χ1n) is 5.78. The Kier molecular flexibility index (Phi) is 3.83. The second kappa shape index (κ2) is 5.55. The number of nitrogens with zero attached hydrogens (tertiary/aromatic N) is 2. The van der Waals surface area contributed by atoms with Crippen molar-refractivity contribution < 1.29 is 0 Å². The summed E-state index contributed by atoms with van der Waals surface area (Å²) in [6, 6.07) is 8.56. The van der Waals surface area contributed by atoms with Crippen LogP contribution in [0.5, 0.6) is 0 Å². The fourth-order valence-electron chi connectivity index (χ4n) is 1.93. The molecule has 3 nitrogen and oxygen atoms in total. The molecule has 88 valence electrons. The van der Waals surface area contributed by atoms with E-state index < -0.39 is 0 Å². The lowest BCUT2D eigenvalue weighted by molar-refractivity contribution is 0.590. The average molecular weight is 227 g/mol. The van der Waals surface area contributed by atoms with Crippen LogP contribution in [0.25, 0.3) is 0 Å². The Labute approximate surface area is 102 Å². The standard InChI is InChI=1S/C14H17N3/c1-11-8-13(5-7-17-11)14(15-2)9-12-4-3-6-16-10-12/h3-8,10,14-15H,9H2,1-2H3. The van der Waals surface area contributed by atoms with Crippen molar-refractivity contribution in [2.75, 3.05) is 7.05 Å². The van der Waals surface area contributed by atoms with Gasteiger partial charge >= 0.3 is 0 Å². The summed E-state index contributed by atoms with van der Waals surface area (Å²) in [6.45, 7) is 2.01. The Bertz CT molecular complexity index is 468. The maximum atomic E-state index is 4.22. The third-order valence-corrected chi connectivity index (χ3v) is 2.83. The molecule has 0 amide bonds. The number of likely N-dealkylation sites (N-methyl/N-ethyl adjacent to an activating group) is 1. The maximum absolute atomic E-state index is 4.22. The van der Waals surface area contributed by atoms with Gasteiger partial charge in [0.1, 0.15) is 0 Å². The van der Waals surface area contributed by atoms with Crippen molar-refractivity contribution in [2.45, 2.75) is 19.4 Å². The molecule has 0 aliphatic heterocycles. The molecule has 2 rings (SSSR count). The minimum atomic E-state index is 0.306. The van der Waals surface area contributed by atoms with Gasteiger partial charge in [-0.15, -0.1) is 0 Å². The van der Waals surface area contributed by atoms with Crippen molar-refractivity contribution in [3.05, 3.63) is 59.7 Å². The molecule has 0 bridgehead atoms. The summed E-state index contributed by atoms with van der Waals surface area (Å²) >= 11 is 0. The Morgan fingerprint density at radius 1 is 1.29 bits per heavy atom. The van der Waals surface area contributed by atoms with Crippen molar-refractivity contribution in [1.29, 1.82) is 0 Å².